The number of nitrogens with zero attached hydrogens (tertiary/aromatic N) is 1. The normalized spacial score (nSPS) is 18.7. The summed E-state index contributed by atoms with van der Waals surface area (Å²) in [4.78, 5) is 14.4. The number of carbonyl (C=O) groups excluding carboxylic acids is 1. The third-order valence-electron chi connectivity index (χ3n) is 3.32. The zero-order chi connectivity index (χ0) is 13.2. The smallest absolute Gasteiger partial charge is 0.176 e. The van der Waals surface area contributed by atoms with Crippen LogP contribution < -0.4 is 0 Å². The third kappa shape index (κ3) is 4.28. The Bertz CT molecular complexity index is 434. The molecule has 0 aromatic heterocycles. The zero-order valence-electron chi connectivity index (χ0n) is 11.2. The van der Waals surface area contributed by atoms with Gasteiger partial charge in [0.15, 0.2) is 5.78 Å². The molecule has 1 heterocycles. The highest BCUT2D eigenvalue weighted by atomic mass is 79.9. The molecule has 0 aliphatic carbocycles. The monoisotopic (exact) mass is 347 g/mol. The van der Waals surface area contributed by atoms with Gasteiger partial charge in [-0.1, -0.05) is 28.1 Å². The molecule has 0 atom stereocenters. The SMILES string of the molecule is CC1(C)COCCN1CC(=O)c1ccc(Br)cc1.Cl. The molecular weight excluding hydrogens is 330 g/mol. The summed E-state index contributed by atoms with van der Waals surface area (Å²) in [5, 5.41) is 0. The van der Waals surface area contributed by atoms with Gasteiger partial charge in [0.05, 0.1) is 19.8 Å². The number of benzene rings is 1. The second-order valence-corrected chi connectivity index (χ2v) is 6.13. The summed E-state index contributed by atoms with van der Waals surface area (Å²) in [5.74, 6) is 0.164. The van der Waals surface area contributed by atoms with Crippen molar-refractivity contribution in [1.29, 1.82) is 0 Å². The minimum absolute atomic E-state index is 0. The van der Waals surface area contributed by atoms with Gasteiger partial charge in [0.25, 0.3) is 0 Å². The van der Waals surface area contributed by atoms with E-state index in [1.807, 2.05) is 24.3 Å². The molecule has 1 aromatic carbocycles. The van der Waals surface area contributed by atoms with Crippen molar-refractivity contribution in [2.75, 3.05) is 26.3 Å². The second kappa shape index (κ2) is 6.84. The Morgan fingerprint density at radius 2 is 2.00 bits per heavy atom. The van der Waals surface area contributed by atoms with E-state index in [2.05, 4.69) is 34.7 Å². The number of Topliss-reactive ketones (excluding diaryl/α,β-unsaturated/α-hetero) is 1. The fourth-order valence-electron chi connectivity index (χ4n) is 2.08. The number of hydrogen-bond acceptors (Lipinski definition) is 3. The Hall–Kier alpha value is -0.420. The van der Waals surface area contributed by atoms with Gasteiger partial charge >= 0.3 is 0 Å². The summed E-state index contributed by atoms with van der Waals surface area (Å²) in [7, 11) is 0. The average molecular weight is 349 g/mol. The van der Waals surface area contributed by atoms with Crippen molar-refractivity contribution in [3.8, 4) is 0 Å². The summed E-state index contributed by atoms with van der Waals surface area (Å²) in [6.07, 6.45) is 0. The summed E-state index contributed by atoms with van der Waals surface area (Å²) in [5.41, 5.74) is 0.698. The molecule has 0 amide bonds. The molecule has 2 rings (SSSR count). The Kier molecular flexibility index (Phi) is 5.99. The summed E-state index contributed by atoms with van der Waals surface area (Å²) >= 11 is 3.37. The standard InChI is InChI=1S/C14H18BrNO2.ClH/c1-14(2)10-18-8-7-16(14)9-13(17)11-3-5-12(15)6-4-11;/h3-6H,7-10H2,1-2H3;1H. The molecule has 0 unspecified atom stereocenters. The van der Waals surface area contributed by atoms with Crippen LogP contribution in [0.3, 0.4) is 0 Å². The fourth-order valence-corrected chi connectivity index (χ4v) is 2.35. The number of rotatable bonds is 3. The predicted octanol–water partition coefficient (Wildman–Crippen LogP) is 3.16. The number of ketones is 1. The molecular formula is C14H19BrClNO2. The van der Waals surface area contributed by atoms with Crippen LogP contribution in [0.25, 0.3) is 0 Å². The minimum atomic E-state index is -0.0662. The van der Waals surface area contributed by atoms with E-state index in [-0.39, 0.29) is 23.7 Å². The molecule has 1 fully saturated rings. The minimum Gasteiger partial charge on any atom is -0.378 e. The van der Waals surface area contributed by atoms with Crippen LogP contribution in [0.2, 0.25) is 0 Å². The van der Waals surface area contributed by atoms with Crippen molar-refractivity contribution >= 4 is 34.1 Å². The van der Waals surface area contributed by atoms with Gasteiger partial charge in [-0.3, -0.25) is 9.69 Å². The van der Waals surface area contributed by atoms with Crippen molar-refractivity contribution < 1.29 is 9.53 Å². The van der Waals surface area contributed by atoms with E-state index < -0.39 is 0 Å². The maximum absolute atomic E-state index is 12.2. The highest BCUT2D eigenvalue weighted by molar-refractivity contribution is 9.10. The van der Waals surface area contributed by atoms with E-state index >= 15 is 0 Å². The number of morpholine rings is 1. The first-order chi connectivity index (χ1) is 8.49. The first kappa shape index (κ1) is 16.6. The van der Waals surface area contributed by atoms with Crippen LogP contribution in [0.5, 0.6) is 0 Å². The van der Waals surface area contributed by atoms with E-state index in [1.54, 1.807) is 0 Å². The van der Waals surface area contributed by atoms with Crippen molar-refractivity contribution in [3.05, 3.63) is 34.3 Å². The van der Waals surface area contributed by atoms with Gasteiger partial charge in [0, 0.05) is 22.1 Å². The van der Waals surface area contributed by atoms with Gasteiger partial charge < -0.3 is 4.74 Å². The van der Waals surface area contributed by atoms with Gasteiger partial charge in [-0.15, -0.1) is 12.4 Å². The van der Waals surface area contributed by atoms with E-state index in [9.17, 15) is 4.79 Å². The molecule has 1 aliphatic heterocycles. The molecule has 106 valence electrons. The maximum Gasteiger partial charge on any atom is 0.176 e. The quantitative estimate of drug-likeness (QED) is 0.786. The van der Waals surface area contributed by atoms with Crippen LogP contribution in [0, 0.1) is 0 Å². The average Bonchev–Trinajstić information content (AvgIpc) is 2.32. The van der Waals surface area contributed by atoms with Crippen molar-refractivity contribution in [2.24, 2.45) is 0 Å². The number of halogens is 2. The van der Waals surface area contributed by atoms with Crippen LogP contribution in [-0.4, -0.2) is 42.5 Å². The van der Waals surface area contributed by atoms with E-state index in [1.165, 1.54) is 0 Å². The van der Waals surface area contributed by atoms with Crippen LogP contribution in [0.1, 0.15) is 24.2 Å². The molecule has 0 bridgehead atoms. The van der Waals surface area contributed by atoms with Crippen LogP contribution >= 0.6 is 28.3 Å². The number of hydrogen-bond donors (Lipinski definition) is 0. The van der Waals surface area contributed by atoms with Crippen molar-refractivity contribution in [2.45, 2.75) is 19.4 Å². The van der Waals surface area contributed by atoms with E-state index in [0.29, 0.717) is 19.8 Å². The fraction of sp³-hybridized carbons (Fsp3) is 0.500. The Balaban J connectivity index is 0.00000180. The molecule has 0 radical (unpaired) electrons. The molecule has 5 heteroatoms. The largest absolute Gasteiger partial charge is 0.378 e. The highest BCUT2D eigenvalue weighted by Crippen LogP contribution is 2.19. The summed E-state index contributed by atoms with van der Waals surface area (Å²) < 4.78 is 6.45. The lowest BCUT2D eigenvalue weighted by molar-refractivity contribution is -0.0467. The van der Waals surface area contributed by atoms with Crippen LogP contribution in [0.4, 0.5) is 0 Å². The molecule has 1 aliphatic rings. The zero-order valence-corrected chi connectivity index (χ0v) is 13.6. The first-order valence-corrected chi connectivity index (χ1v) is 6.90. The molecule has 3 nitrogen and oxygen atoms in total. The van der Waals surface area contributed by atoms with Gasteiger partial charge in [0.2, 0.25) is 0 Å². The predicted molar refractivity (Wildman–Crippen MR) is 82.2 cm³/mol. The molecule has 0 saturated carbocycles. The lowest BCUT2D eigenvalue weighted by Crippen LogP contribution is -2.54. The molecule has 1 saturated heterocycles. The maximum atomic E-state index is 12.2. The van der Waals surface area contributed by atoms with Gasteiger partial charge in [-0.2, -0.15) is 0 Å². The highest BCUT2D eigenvalue weighted by Gasteiger charge is 2.31. The molecule has 0 N–H and O–H groups in total. The summed E-state index contributed by atoms with van der Waals surface area (Å²) in [6, 6.07) is 7.52. The first-order valence-electron chi connectivity index (χ1n) is 6.10. The van der Waals surface area contributed by atoms with Crippen LogP contribution in [-0.2, 0) is 4.74 Å². The molecule has 1 aromatic rings. The van der Waals surface area contributed by atoms with E-state index in [0.717, 1.165) is 16.6 Å². The topological polar surface area (TPSA) is 29.5 Å². The van der Waals surface area contributed by atoms with Crippen LogP contribution in [0.15, 0.2) is 28.7 Å². The Morgan fingerprint density at radius 3 is 2.58 bits per heavy atom. The molecule has 19 heavy (non-hydrogen) atoms. The Labute approximate surface area is 128 Å². The Morgan fingerprint density at radius 1 is 1.37 bits per heavy atom. The van der Waals surface area contributed by atoms with Gasteiger partial charge in [-0.25, -0.2) is 0 Å². The van der Waals surface area contributed by atoms with Gasteiger partial charge in [0.1, 0.15) is 0 Å². The van der Waals surface area contributed by atoms with Gasteiger partial charge in [-0.05, 0) is 26.0 Å². The third-order valence-corrected chi connectivity index (χ3v) is 3.85. The lowest BCUT2D eigenvalue weighted by Gasteiger charge is -2.41. The second-order valence-electron chi connectivity index (χ2n) is 5.22. The molecule has 0 spiro atoms. The lowest BCUT2D eigenvalue weighted by atomic mass is 10.0. The number of ether oxygens (including phenoxy) is 1. The van der Waals surface area contributed by atoms with E-state index in [4.69, 9.17) is 4.74 Å². The van der Waals surface area contributed by atoms with Crippen molar-refractivity contribution in [3.63, 3.8) is 0 Å². The number of carbonyl (C=O) groups is 1. The summed E-state index contributed by atoms with van der Waals surface area (Å²) in [6.45, 7) is 6.88. The van der Waals surface area contributed by atoms with Crippen molar-refractivity contribution in [1.82, 2.24) is 4.90 Å².